The van der Waals surface area contributed by atoms with Crippen LogP contribution in [0.4, 0.5) is 10.1 Å². The van der Waals surface area contributed by atoms with Crippen molar-refractivity contribution in [2.24, 2.45) is 0 Å². The predicted molar refractivity (Wildman–Crippen MR) is 63.2 cm³/mol. The molecule has 0 amide bonds. The lowest BCUT2D eigenvalue weighted by molar-refractivity contribution is 0.0315. The van der Waals surface area contributed by atoms with Crippen LogP contribution in [0.5, 0.6) is 0 Å². The van der Waals surface area contributed by atoms with Crippen molar-refractivity contribution in [1.29, 1.82) is 5.26 Å². The molecule has 1 aliphatic heterocycles. The molecule has 4 heteroatoms. The minimum absolute atomic E-state index is 0.208. The third kappa shape index (κ3) is 2.75. The van der Waals surface area contributed by atoms with Crippen molar-refractivity contribution in [2.75, 3.05) is 18.5 Å². The molecular formula is C13H15FN2O. The van der Waals surface area contributed by atoms with Crippen molar-refractivity contribution in [3.63, 3.8) is 0 Å². The van der Waals surface area contributed by atoms with Gasteiger partial charge in [-0.05, 0) is 38.0 Å². The lowest BCUT2D eigenvalue weighted by atomic mass is 10.0. The third-order valence-electron chi connectivity index (χ3n) is 3.05. The first-order valence-corrected chi connectivity index (χ1v) is 5.70. The summed E-state index contributed by atoms with van der Waals surface area (Å²) in [6.45, 7) is 3.37. The van der Waals surface area contributed by atoms with Crippen molar-refractivity contribution in [1.82, 2.24) is 0 Å². The second-order valence-electron chi connectivity index (χ2n) is 4.56. The molecule has 1 saturated heterocycles. The second-order valence-corrected chi connectivity index (χ2v) is 4.56. The van der Waals surface area contributed by atoms with Crippen LogP contribution in [0.15, 0.2) is 18.2 Å². The number of nitriles is 1. The van der Waals surface area contributed by atoms with E-state index in [1.54, 1.807) is 12.1 Å². The summed E-state index contributed by atoms with van der Waals surface area (Å²) in [5.41, 5.74) is 0.539. The molecule has 3 nitrogen and oxygen atoms in total. The fourth-order valence-electron chi connectivity index (χ4n) is 1.99. The lowest BCUT2D eigenvalue weighted by Gasteiger charge is -2.24. The van der Waals surface area contributed by atoms with E-state index in [2.05, 4.69) is 5.32 Å². The first kappa shape index (κ1) is 11.9. The van der Waals surface area contributed by atoms with Crippen molar-refractivity contribution in [3.05, 3.63) is 29.6 Å². The van der Waals surface area contributed by atoms with Crippen LogP contribution in [0, 0.1) is 17.1 Å². The average molecular weight is 234 g/mol. The van der Waals surface area contributed by atoms with Gasteiger partial charge in [-0.2, -0.15) is 5.26 Å². The molecule has 0 aromatic heterocycles. The van der Waals surface area contributed by atoms with Gasteiger partial charge in [0.05, 0.1) is 22.9 Å². The Hall–Kier alpha value is -1.60. The van der Waals surface area contributed by atoms with Crippen LogP contribution in [-0.4, -0.2) is 18.8 Å². The molecule has 0 saturated carbocycles. The Morgan fingerprint density at radius 1 is 1.59 bits per heavy atom. The van der Waals surface area contributed by atoms with Gasteiger partial charge in [-0.25, -0.2) is 4.39 Å². The number of nitrogens with zero attached hydrogens (tertiary/aromatic N) is 1. The van der Waals surface area contributed by atoms with Crippen LogP contribution in [0.25, 0.3) is 0 Å². The van der Waals surface area contributed by atoms with Gasteiger partial charge in [0, 0.05) is 13.2 Å². The van der Waals surface area contributed by atoms with Gasteiger partial charge in [0.25, 0.3) is 0 Å². The number of nitrogens with one attached hydrogen (secondary N) is 1. The SMILES string of the molecule is CC1(CNc2ccc(C#N)cc2F)CCCO1. The van der Waals surface area contributed by atoms with Crippen LogP contribution in [-0.2, 0) is 4.74 Å². The van der Waals surface area contributed by atoms with E-state index in [-0.39, 0.29) is 5.60 Å². The van der Waals surface area contributed by atoms with Crippen molar-refractivity contribution in [2.45, 2.75) is 25.4 Å². The molecule has 1 fully saturated rings. The molecule has 0 aliphatic carbocycles. The summed E-state index contributed by atoms with van der Waals surface area (Å²) in [7, 11) is 0. The molecular weight excluding hydrogens is 219 g/mol. The van der Waals surface area contributed by atoms with E-state index < -0.39 is 5.82 Å². The zero-order valence-electron chi connectivity index (χ0n) is 9.79. The van der Waals surface area contributed by atoms with Gasteiger partial charge in [0.1, 0.15) is 5.82 Å². The molecule has 1 atom stereocenters. The maximum atomic E-state index is 13.6. The fraction of sp³-hybridized carbons (Fsp3) is 0.462. The third-order valence-corrected chi connectivity index (χ3v) is 3.05. The van der Waals surface area contributed by atoms with E-state index in [9.17, 15) is 4.39 Å². The van der Waals surface area contributed by atoms with Gasteiger partial charge >= 0.3 is 0 Å². The number of anilines is 1. The molecule has 1 aliphatic rings. The molecule has 1 heterocycles. The Bertz CT molecular complexity index is 447. The minimum Gasteiger partial charge on any atom is -0.380 e. The molecule has 17 heavy (non-hydrogen) atoms. The highest BCUT2D eigenvalue weighted by molar-refractivity contribution is 5.49. The molecule has 1 unspecified atom stereocenters. The topological polar surface area (TPSA) is 45.0 Å². The highest BCUT2D eigenvalue weighted by Crippen LogP contribution is 2.26. The lowest BCUT2D eigenvalue weighted by Crippen LogP contribution is -2.32. The summed E-state index contributed by atoms with van der Waals surface area (Å²) in [6.07, 6.45) is 2.03. The van der Waals surface area contributed by atoms with Gasteiger partial charge in [0.15, 0.2) is 0 Å². The Morgan fingerprint density at radius 3 is 3.00 bits per heavy atom. The monoisotopic (exact) mass is 234 g/mol. The Kier molecular flexibility index (Phi) is 3.30. The standard InChI is InChI=1S/C13H15FN2O/c1-13(5-2-6-17-13)9-16-12-4-3-10(8-15)7-11(12)14/h3-4,7,16H,2,5-6,9H2,1H3. The summed E-state index contributed by atoms with van der Waals surface area (Å²) < 4.78 is 19.2. The summed E-state index contributed by atoms with van der Waals surface area (Å²) >= 11 is 0. The van der Waals surface area contributed by atoms with E-state index in [1.165, 1.54) is 6.07 Å². The summed E-state index contributed by atoms with van der Waals surface area (Å²) in [5.74, 6) is -0.398. The summed E-state index contributed by atoms with van der Waals surface area (Å²) in [4.78, 5) is 0. The van der Waals surface area contributed by atoms with Crippen LogP contribution < -0.4 is 5.32 Å². The Balaban J connectivity index is 2.02. The summed E-state index contributed by atoms with van der Waals surface area (Å²) in [5, 5.41) is 11.7. The molecule has 1 N–H and O–H groups in total. The number of halogens is 1. The van der Waals surface area contributed by atoms with Crippen molar-refractivity contribution < 1.29 is 9.13 Å². The van der Waals surface area contributed by atoms with Gasteiger partial charge < -0.3 is 10.1 Å². The van der Waals surface area contributed by atoms with Crippen molar-refractivity contribution >= 4 is 5.69 Å². The zero-order chi connectivity index (χ0) is 12.3. The molecule has 0 spiro atoms. The number of rotatable bonds is 3. The molecule has 90 valence electrons. The second kappa shape index (κ2) is 4.72. The van der Waals surface area contributed by atoms with Gasteiger partial charge in [0.2, 0.25) is 0 Å². The smallest absolute Gasteiger partial charge is 0.147 e. The zero-order valence-corrected chi connectivity index (χ0v) is 9.79. The average Bonchev–Trinajstić information content (AvgIpc) is 2.75. The number of ether oxygens (including phenoxy) is 1. The molecule has 1 aromatic carbocycles. The van der Waals surface area contributed by atoms with Gasteiger partial charge in [-0.15, -0.1) is 0 Å². The fourth-order valence-corrected chi connectivity index (χ4v) is 1.99. The van der Waals surface area contributed by atoms with Gasteiger partial charge in [-0.1, -0.05) is 0 Å². The quantitative estimate of drug-likeness (QED) is 0.874. The van der Waals surface area contributed by atoms with Crippen LogP contribution in [0.2, 0.25) is 0 Å². The van der Waals surface area contributed by atoms with Crippen molar-refractivity contribution in [3.8, 4) is 6.07 Å². The minimum atomic E-state index is -0.398. The van der Waals surface area contributed by atoms with E-state index in [4.69, 9.17) is 10.00 Å². The molecule has 1 aromatic rings. The molecule has 0 radical (unpaired) electrons. The van der Waals surface area contributed by atoms with E-state index in [0.29, 0.717) is 17.8 Å². The normalized spacial score (nSPS) is 23.4. The Labute approximate surface area is 100 Å². The van der Waals surface area contributed by atoms with Gasteiger partial charge in [-0.3, -0.25) is 0 Å². The predicted octanol–water partition coefficient (Wildman–Crippen LogP) is 2.68. The van der Waals surface area contributed by atoms with Crippen LogP contribution in [0.3, 0.4) is 0 Å². The maximum Gasteiger partial charge on any atom is 0.147 e. The first-order valence-electron chi connectivity index (χ1n) is 5.70. The van der Waals surface area contributed by atoms with E-state index >= 15 is 0 Å². The van der Waals surface area contributed by atoms with Crippen LogP contribution >= 0.6 is 0 Å². The largest absolute Gasteiger partial charge is 0.380 e. The highest BCUT2D eigenvalue weighted by Gasteiger charge is 2.29. The molecule has 2 rings (SSSR count). The van der Waals surface area contributed by atoms with Crippen LogP contribution in [0.1, 0.15) is 25.3 Å². The number of hydrogen-bond acceptors (Lipinski definition) is 3. The van der Waals surface area contributed by atoms with E-state index in [1.807, 2.05) is 13.0 Å². The Morgan fingerprint density at radius 2 is 2.41 bits per heavy atom. The van der Waals surface area contributed by atoms with E-state index in [0.717, 1.165) is 19.4 Å². The number of benzene rings is 1. The first-order chi connectivity index (χ1) is 8.13. The summed E-state index contributed by atoms with van der Waals surface area (Å²) in [6, 6.07) is 6.33. The maximum absolute atomic E-state index is 13.6. The molecule has 0 bridgehead atoms. The number of hydrogen-bond donors (Lipinski definition) is 1. The highest BCUT2D eigenvalue weighted by atomic mass is 19.1.